The minimum Gasteiger partial charge on any atom is -0.326 e. The predicted octanol–water partition coefficient (Wildman–Crippen LogP) is 7.17. The summed E-state index contributed by atoms with van der Waals surface area (Å²) in [4.78, 5) is 53.3. The van der Waals surface area contributed by atoms with Crippen molar-refractivity contribution in [3.63, 3.8) is 0 Å². The highest BCUT2D eigenvalue weighted by molar-refractivity contribution is 6.26. The summed E-state index contributed by atoms with van der Waals surface area (Å²) in [6.45, 7) is 17.9. The first kappa shape index (κ1) is 30.2. The smallest absolute Gasteiger partial charge is 0.225 e. The third kappa shape index (κ3) is 6.63. The molecule has 2 aromatic carbocycles. The van der Waals surface area contributed by atoms with E-state index in [2.05, 4.69) is 23.8 Å². The third-order valence-corrected chi connectivity index (χ3v) is 7.30. The first-order valence-electron chi connectivity index (χ1n) is 13.3. The van der Waals surface area contributed by atoms with Crippen LogP contribution in [-0.2, 0) is 19.2 Å². The van der Waals surface area contributed by atoms with Crippen LogP contribution < -0.4 is 10.6 Å². The van der Waals surface area contributed by atoms with E-state index in [4.69, 9.17) is 0 Å². The Morgan fingerprint density at radius 1 is 0.650 bits per heavy atom. The lowest BCUT2D eigenvalue weighted by molar-refractivity contribution is -0.121. The second-order valence-electron chi connectivity index (χ2n) is 11.5. The molecule has 0 fully saturated rings. The topological polar surface area (TPSA) is 92.3 Å². The molecule has 0 unspecified atom stereocenters. The number of amides is 2. The van der Waals surface area contributed by atoms with E-state index in [1.807, 2.05) is 24.3 Å². The molecule has 0 spiro atoms. The number of ketones is 2. The molecule has 0 heterocycles. The van der Waals surface area contributed by atoms with Gasteiger partial charge in [-0.3, -0.25) is 19.2 Å². The molecule has 2 N–H and O–H groups in total. The van der Waals surface area contributed by atoms with Gasteiger partial charge in [-0.1, -0.05) is 77.3 Å². The molecule has 0 saturated heterocycles. The van der Waals surface area contributed by atoms with Gasteiger partial charge in [0.1, 0.15) is 0 Å². The maximum absolute atomic E-state index is 13.7. The van der Waals surface area contributed by atoms with Crippen molar-refractivity contribution in [2.75, 3.05) is 10.6 Å². The SMILES string of the molecule is C=Cc1ccc(NC(=O)CC(C)(C)C2=C(C)C(=O)C(C(C)(C)CC(=O)Nc3ccc(C=C)cc3)=C(C)C2=O)cc1. The lowest BCUT2D eigenvalue weighted by Gasteiger charge is -2.36. The van der Waals surface area contributed by atoms with Gasteiger partial charge in [-0.2, -0.15) is 0 Å². The van der Waals surface area contributed by atoms with E-state index >= 15 is 0 Å². The fraction of sp³-hybridized carbons (Fsp3) is 0.294. The van der Waals surface area contributed by atoms with Crippen molar-refractivity contribution in [2.24, 2.45) is 10.8 Å². The summed E-state index contributed by atoms with van der Waals surface area (Å²) in [7, 11) is 0. The summed E-state index contributed by atoms with van der Waals surface area (Å²) in [5.41, 5.74) is 2.65. The molecule has 6 heteroatoms. The summed E-state index contributed by atoms with van der Waals surface area (Å²) in [6, 6.07) is 14.5. The highest BCUT2D eigenvalue weighted by Gasteiger charge is 2.43. The summed E-state index contributed by atoms with van der Waals surface area (Å²) in [5.74, 6) is -1.06. The van der Waals surface area contributed by atoms with Crippen LogP contribution in [0.1, 0.15) is 65.5 Å². The summed E-state index contributed by atoms with van der Waals surface area (Å²) < 4.78 is 0. The Hall–Kier alpha value is -4.32. The zero-order valence-corrected chi connectivity index (χ0v) is 24.2. The molecule has 40 heavy (non-hydrogen) atoms. The number of carbonyl (C=O) groups is 4. The number of hydrogen-bond donors (Lipinski definition) is 2. The van der Waals surface area contributed by atoms with Crippen LogP contribution in [0.3, 0.4) is 0 Å². The number of benzene rings is 2. The second kappa shape index (κ2) is 11.8. The lowest BCUT2D eigenvalue weighted by Crippen LogP contribution is -2.37. The molecule has 208 valence electrons. The molecule has 0 radical (unpaired) electrons. The van der Waals surface area contributed by atoms with Crippen LogP contribution in [0.5, 0.6) is 0 Å². The zero-order chi connectivity index (χ0) is 29.8. The number of carbonyl (C=O) groups excluding carboxylic acids is 4. The van der Waals surface area contributed by atoms with Gasteiger partial charge >= 0.3 is 0 Å². The molecule has 2 amide bonds. The van der Waals surface area contributed by atoms with Crippen LogP contribution in [-0.4, -0.2) is 23.4 Å². The predicted molar refractivity (Wildman–Crippen MR) is 163 cm³/mol. The first-order valence-corrected chi connectivity index (χ1v) is 13.3. The van der Waals surface area contributed by atoms with Gasteiger partial charge in [-0.15, -0.1) is 0 Å². The van der Waals surface area contributed by atoms with Gasteiger partial charge in [0.15, 0.2) is 11.6 Å². The Balaban J connectivity index is 1.78. The molecule has 0 bridgehead atoms. The number of allylic oxidation sites excluding steroid dienone is 4. The molecule has 0 aromatic heterocycles. The molecule has 0 atom stereocenters. The Labute approximate surface area is 236 Å². The van der Waals surface area contributed by atoms with Crippen molar-refractivity contribution in [1.82, 2.24) is 0 Å². The monoisotopic (exact) mass is 538 g/mol. The first-order chi connectivity index (χ1) is 18.7. The Morgan fingerprint density at radius 2 is 0.950 bits per heavy atom. The van der Waals surface area contributed by atoms with Gasteiger partial charge in [0.2, 0.25) is 11.8 Å². The van der Waals surface area contributed by atoms with Crippen molar-refractivity contribution >= 4 is 46.9 Å². The Morgan fingerprint density at radius 3 is 1.23 bits per heavy atom. The van der Waals surface area contributed by atoms with Gasteiger partial charge < -0.3 is 10.6 Å². The van der Waals surface area contributed by atoms with Crippen LogP contribution in [0.4, 0.5) is 11.4 Å². The van der Waals surface area contributed by atoms with Gasteiger partial charge in [0.25, 0.3) is 0 Å². The number of nitrogens with one attached hydrogen (secondary N) is 2. The van der Waals surface area contributed by atoms with Crippen molar-refractivity contribution in [3.05, 3.63) is 95.1 Å². The third-order valence-electron chi connectivity index (χ3n) is 7.30. The summed E-state index contributed by atoms with van der Waals surface area (Å²) in [5, 5.41) is 5.74. The fourth-order valence-corrected chi connectivity index (χ4v) is 5.37. The molecular formula is C34H38N2O4. The lowest BCUT2D eigenvalue weighted by atomic mass is 9.66. The van der Waals surface area contributed by atoms with E-state index < -0.39 is 10.8 Å². The van der Waals surface area contributed by atoms with Crippen molar-refractivity contribution < 1.29 is 19.2 Å². The maximum atomic E-state index is 13.7. The van der Waals surface area contributed by atoms with Gasteiger partial charge in [-0.25, -0.2) is 0 Å². The molecular weight excluding hydrogens is 500 g/mol. The van der Waals surface area contributed by atoms with Crippen LogP contribution in [0.25, 0.3) is 12.2 Å². The Kier molecular flexibility index (Phi) is 8.93. The van der Waals surface area contributed by atoms with Crippen LogP contribution in [0.15, 0.2) is 84.0 Å². The minimum absolute atomic E-state index is 0.0148. The molecule has 3 rings (SSSR count). The maximum Gasteiger partial charge on any atom is 0.225 e. The largest absolute Gasteiger partial charge is 0.326 e. The molecule has 2 aromatic rings. The van der Waals surface area contributed by atoms with Crippen LogP contribution in [0, 0.1) is 10.8 Å². The minimum atomic E-state index is -0.895. The standard InChI is InChI=1S/C34H38N2O4/c1-9-23-11-15-25(16-12-23)35-27(37)19-33(5,6)29-21(3)32(40)30(22(4)31(29)39)34(7,8)20-28(38)36-26-17-13-24(10-2)14-18-26/h9-18H,1-2,19-20H2,3-8H3,(H,35,37)(H,36,38). The van der Waals surface area contributed by atoms with E-state index in [1.54, 1.807) is 78.0 Å². The van der Waals surface area contributed by atoms with Gasteiger partial charge in [0, 0.05) is 57.3 Å². The van der Waals surface area contributed by atoms with E-state index in [1.165, 1.54) is 0 Å². The number of Topliss-reactive ketones (excluding diaryl/α,β-unsaturated/α-hetero) is 2. The second-order valence-corrected chi connectivity index (χ2v) is 11.5. The molecule has 0 saturated carbocycles. The summed E-state index contributed by atoms with van der Waals surface area (Å²) in [6.07, 6.45) is 3.47. The highest BCUT2D eigenvalue weighted by atomic mass is 16.2. The fourth-order valence-electron chi connectivity index (χ4n) is 5.37. The van der Waals surface area contributed by atoms with Crippen molar-refractivity contribution in [1.29, 1.82) is 0 Å². The zero-order valence-electron chi connectivity index (χ0n) is 24.2. The average molecular weight is 539 g/mol. The molecule has 1 aliphatic carbocycles. The van der Waals surface area contributed by atoms with E-state index in [0.29, 0.717) is 33.7 Å². The number of hydrogen-bond acceptors (Lipinski definition) is 4. The van der Waals surface area contributed by atoms with Crippen molar-refractivity contribution in [2.45, 2.75) is 54.4 Å². The van der Waals surface area contributed by atoms with Crippen LogP contribution >= 0.6 is 0 Å². The quantitative estimate of drug-likeness (QED) is 0.314. The highest BCUT2D eigenvalue weighted by Crippen LogP contribution is 2.44. The van der Waals surface area contributed by atoms with Crippen LogP contribution in [0.2, 0.25) is 0 Å². The molecule has 1 aliphatic rings. The number of rotatable bonds is 10. The van der Waals surface area contributed by atoms with Gasteiger partial charge in [0.05, 0.1) is 0 Å². The summed E-state index contributed by atoms with van der Waals surface area (Å²) >= 11 is 0. The van der Waals surface area contributed by atoms with E-state index in [0.717, 1.165) is 11.1 Å². The van der Waals surface area contributed by atoms with Gasteiger partial charge in [-0.05, 0) is 49.2 Å². The van der Waals surface area contributed by atoms with E-state index in [9.17, 15) is 19.2 Å². The normalized spacial score (nSPS) is 14.2. The van der Waals surface area contributed by atoms with E-state index in [-0.39, 0.29) is 36.2 Å². The van der Waals surface area contributed by atoms with Crippen molar-refractivity contribution in [3.8, 4) is 0 Å². The average Bonchev–Trinajstić information content (AvgIpc) is 2.87. The molecule has 6 nitrogen and oxygen atoms in total. The molecule has 0 aliphatic heterocycles. The number of anilines is 2. The Bertz CT molecular complexity index is 1320.